The maximum atomic E-state index is 11.8. The highest BCUT2D eigenvalue weighted by molar-refractivity contribution is 5.90. The van der Waals surface area contributed by atoms with Crippen molar-refractivity contribution in [3.05, 3.63) is 57.8 Å². The molecule has 1 aromatic heterocycles. The number of carboxylic acid groups (broad SMARTS) is 1. The Hall–Kier alpha value is -2.63. The third-order valence-electron chi connectivity index (χ3n) is 2.87. The number of carboxylic acids is 1. The molecule has 2 rings (SSSR count). The Morgan fingerprint density at radius 2 is 2.15 bits per heavy atom. The molecular formula is C14H14N2O4. The Kier molecular flexibility index (Phi) is 3.84. The molecule has 1 N–H and O–H groups in total. The first-order valence-corrected chi connectivity index (χ1v) is 5.94. The van der Waals surface area contributed by atoms with Crippen molar-refractivity contribution in [1.29, 1.82) is 0 Å². The zero-order valence-electron chi connectivity index (χ0n) is 11.2. The number of hydrogen-bond acceptors (Lipinski definition) is 4. The maximum Gasteiger partial charge on any atom is 0.339 e. The summed E-state index contributed by atoms with van der Waals surface area (Å²) in [6.07, 6.45) is 1.47. The van der Waals surface area contributed by atoms with Crippen LogP contribution in [0.25, 0.3) is 0 Å². The summed E-state index contributed by atoms with van der Waals surface area (Å²) >= 11 is 0. The van der Waals surface area contributed by atoms with E-state index in [4.69, 9.17) is 9.84 Å². The summed E-state index contributed by atoms with van der Waals surface area (Å²) in [4.78, 5) is 26.8. The second-order valence-electron chi connectivity index (χ2n) is 4.34. The van der Waals surface area contributed by atoms with E-state index >= 15 is 0 Å². The fourth-order valence-electron chi connectivity index (χ4n) is 1.84. The highest BCUT2D eigenvalue weighted by atomic mass is 16.5. The van der Waals surface area contributed by atoms with Gasteiger partial charge in [-0.2, -0.15) is 0 Å². The molecule has 0 amide bonds. The van der Waals surface area contributed by atoms with E-state index in [9.17, 15) is 9.59 Å². The van der Waals surface area contributed by atoms with Crippen LogP contribution >= 0.6 is 0 Å². The minimum atomic E-state index is -1.05. The van der Waals surface area contributed by atoms with E-state index in [1.165, 1.54) is 30.1 Å². The molecule has 2 aromatic rings. The van der Waals surface area contributed by atoms with Gasteiger partial charge in [-0.3, -0.25) is 9.36 Å². The zero-order valence-corrected chi connectivity index (χ0v) is 11.2. The molecule has 0 saturated heterocycles. The predicted octanol–water partition coefficient (Wildman–Crippen LogP) is 1.31. The number of rotatable bonds is 4. The van der Waals surface area contributed by atoms with Crippen LogP contribution in [-0.2, 0) is 6.54 Å². The molecule has 0 bridgehead atoms. The molecule has 104 valence electrons. The van der Waals surface area contributed by atoms with Gasteiger partial charge in [0.2, 0.25) is 0 Å². The fourth-order valence-corrected chi connectivity index (χ4v) is 1.84. The van der Waals surface area contributed by atoms with Crippen LogP contribution in [-0.4, -0.2) is 27.7 Å². The van der Waals surface area contributed by atoms with Crippen LogP contribution in [0.5, 0.6) is 5.75 Å². The number of nitrogens with zero attached hydrogens (tertiary/aromatic N) is 2. The Morgan fingerprint density at radius 1 is 1.40 bits per heavy atom. The molecule has 0 aliphatic rings. The van der Waals surface area contributed by atoms with E-state index in [0.717, 1.165) is 5.56 Å². The quantitative estimate of drug-likeness (QED) is 0.909. The Bertz CT molecular complexity index is 707. The molecule has 0 unspecified atom stereocenters. The first-order chi connectivity index (χ1) is 9.51. The van der Waals surface area contributed by atoms with Crippen LogP contribution in [0.3, 0.4) is 0 Å². The van der Waals surface area contributed by atoms with Crippen molar-refractivity contribution in [1.82, 2.24) is 9.55 Å². The van der Waals surface area contributed by atoms with Crippen LogP contribution in [0.2, 0.25) is 0 Å². The summed E-state index contributed by atoms with van der Waals surface area (Å²) < 4.78 is 6.50. The number of benzene rings is 1. The highest BCUT2D eigenvalue weighted by Gasteiger charge is 2.11. The molecule has 0 atom stereocenters. The van der Waals surface area contributed by atoms with Crippen LogP contribution in [0.1, 0.15) is 21.6 Å². The SMILES string of the molecule is COc1cc(Cn2cnc(C)cc2=O)ccc1C(=O)O. The molecule has 0 radical (unpaired) electrons. The lowest BCUT2D eigenvalue weighted by molar-refractivity contribution is 0.0693. The number of ether oxygens (including phenoxy) is 1. The monoisotopic (exact) mass is 274 g/mol. The van der Waals surface area contributed by atoms with Crippen molar-refractivity contribution in [2.75, 3.05) is 7.11 Å². The Morgan fingerprint density at radius 3 is 2.75 bits per heavy atom. The standard InChI is InChI=1S/C14H14N2O4/c1-9-5-13(17)16(8-15-9)7-10-3-4-11(14(18)19)12(6-10)20-2/h3-6,8H,7H2,1-2H3,(H,18,19). The minimum absolute atomic E-state index is 0.0885. The molecule has 6 nitrogen and oxygen atoms in total. The lowest BCUT2D eigenvalue weighted by Crippen LogP contribution is -2.20. The molecule has 0 aliphatic carbocycles. The number of methoxy groups -OCH3 is 1. The molecule has 1 heterocycles. The van der Waals surface area contributed by atoms with Gasteiger partial charge < -0.3 is 9.84 Å². The lowest BCUT2D eigenvalue weighted by atomic mass is 10.1. The summed E-state index contributed by atoms with van der Waals surface area (Å²) in [6.45, 7) is 2.05. The predicted molar refractivity (Wildman–Crippen MR) is 72.3 cm³/mol. The van der Waals surface area contributed by atoms with Crippen LogP contribution in [0, 0.1) is 6.92 Å². The molecular weight excluding hydrogens is 260 g/mol. The molecule has 20 heavy (non-hydrogen) atoms. The van der Waals surface area contributed by atoms with Gasteiger partial charge in [0.1, 0.15) is 11.3 Å². The van der Waals surface area contributed by atoms with Crippen LogP contribution in [0.15, 0.2) is 35.4 Å². The second kappa shape index (κ2) is 5.56. The average molecular weight is 274 g/mol. The van der Waals surface area contributed by atoms with Crippen molar-refractivity contribution in [3.63, 3.8) is 0 Å². The molecule has 6 heteroatoms. The van der Waals surface area contributed by atoms with E-state index in [1.54, 1.807) is 19.1 Å². The number of aromatic carboxylic acids is 1. The van der Waals surface area contributed by atoms with Gasteiger partial charge in [-0.05, 0) is 24.6 Å². The van der Waals surface area contributed by atoms with E-state index in [1.807, 2.05) is 0 Å². The van der Waals surface area contributed by atoms with E-state index in [0.29, 0.717) is 12.2 Å². The number of hydrogen-bond donors (Lipinski definition) is 1. The van der Waals surface area contributed by atoms with Crippen molar-refractivity contribution < 1.29 is 14.6 Å². The van der Waals surface area contributed by atoms with Crippen LogP contribution in [0.4, 0.5) is 0 Å². The van der Waals surface area contributed by atoms with Gasteiger partial charge in [0.15, 0.2) is 0 Å². The van der Waals surface area contributed by atoms with Gasteiger partial charge in [-0.25, -0.2) is 9.78 Å². The lowest BCUT2D eigenvalue weighted by Gasteiger charge is -2.09. The Labute approximate surface area is 115 Å². The molecule has 0 saturated carbocycles. The normalized spacial score (nSPS) is 10.3. The first-order valence-electron chi connectivity index (χ1n) is 5.94. The minimum Gasteiger partial charge on any atom is -0.496 e. The fraction of sp³-hybridized carbons (Fsp3) is 0.214. The summed E-state index contributed by atoms with van der Waals surface area (Å²) in [7, 11) is 1.41. The van der Waals surface area contributed by atoms with Crippen LogP contribution < -0.4 is 10.3 Å². The third kappa shape index (κ3) is 2.85. The van der Waals surface area contributed by atoms with E-state index < -0.39 is 5.97 Å². The third-order valence-corrected chi connectivity index (χ3v) is 2.87. The van der Waals surface area contributed by atoms with E-state index in [2.05, 4.69) is 4.98 Å². The average Bonchev–Trinajstić information content (AvgIpc) is 2.41. The van der Waals surface area contributed by atoms with Gasteiger partial charge in [0.25, 0.3) is 5.56 Å². The summed E-state index contributed by atoms with van der Waals surface area (Å²) in [5, 5.41) is 9.01. The highest BCUT2D eigenvalue weighted by Crippen LogP contribution is 2.20. The summed E-state index contributed by atoms with van der Waals surface area (Å²) in [5.74, 6) is -0.786. The van der Waals surface area contributed by atoms with E-state index in [-0.39, 0.29) is 16.9 Å². The van der Waals surface area contributed by atoms with Crippen molar-refractivity contribution in [2.45, 2.75) is 13.5 Å². The number of carbonyl (C=O) groups is 1. The van der Waals surface area contributed by atoms with Crippen molar-refractivity contribution >= 4 is 5.97 Å². The van der Waals surface area contributed by atoms with Gasteiger partial charge >= 0.3 is 5.97 Å². The first kappa shape index (κ1) is 13.8. The van der Waals surface area contributed by atoms with Gasteiger partial charge in [-0.15, -0.1) is 0 Å². The molecule has 0 aliphatic heterocycles. The van der Waals surface area contributed by atoms with Crippen molar-refractivity contribution in [3.8, 4) is 5.75 Å². The molecule has 0 fully saturated rings. The van der Waals surface area contributed by atoms with Gasteiger partial charge in [-0.1, -0.05) is 6.07 Å². The number of aromatic nitrogens is 2. The summed E-state index contributed by atoms with van der Waals surface area (Å²) in [5.41, 5.74) is 1.36. The van der Waals surface area contributed by atoms with Gasteiger partial charge in [0.05, 0.1) is 20.0 Å². The second-order valence-corrected chi connectivity index (χ2v) is 4.34. The smallest absolute Gasteiger partial charge is 0.339 e. The maximum absolute atomic E-state index is 11.8. The number of aryl methyl sites for hydroxylation is 1. The van der Waals surface area contributed by atoms with Gasteiger partial charge in [0, 0.05) is 11.8 Å². The van der Waals surface area contributed by atoms with Crippen molar-refractivity contribution in [2.24, 2.45) is 0 Å². The molecule has 1 aromatic carbocycles. The topological polar surface area (TPSA) is 81.4 Å². The zero-order chi connectivity index (χ0) is 14.7. The Balaban J connectivity index is 2.34. The largest absolute Gasteiger partial charge is 0.496 e. The molecule has 0 spiro atoms. The summed E-state index contributed by atoms with van der Waals surface area (Å²) in [6, 6.07) is 6.17.